The molecule has 90 valence electrons. The van der Waals surface area contributed by atoms with Gasteiger partial charge in [0.25, 0.3) is 0 Å². The van der Waals surface area contributed by atoms with Crippen molar-refractivity contribution in [1.29, 1.82) is 0 Å². The van der Waals surface area contributed by atoms with E-state index < -0.39 is 0 Å². The van der Waals surface area contributed by atoms with E-state index in [-0.39, 0.29) is 0 Å². The third kappa shape index (κ3) is 3.01. The highest BCUT2D eigenvalue weighted by atomic mass is 32.2. The van der Waals surface area contributed by atoms with Crippen LogP contribution in [0, 0.1) is 6.92 Å². The molecule has 1 aromatic heterocycles. The maximum Gasteiger partial charge on any atom is 0.152 e. The first-order chi connectivity index (χ1) is 8.06. The van der Waals surface area contributed by atoms with Crippen LogP contribution >= 0.6 is 23.1 Å². The molecule has 1 heterocycles. The van der Waals surface area contributed by atoms with Crippen molar-refractivity contribution < 1.29 is 0 Å². The molecule has 0 atom stereocenters. The second-order valence-electron chi connectivity index (χ2n) is 4.23. The minimum Gasteiger partial charge on any atom is -0.389 e. The number of nitrogens with two attached hydrogens (primary N) is 1. The number of rotatable bonds is 3. The van der Waals surface area contributed by atoms with Crippen molar-refractivity contribution in [3.8, 4) is 11.3 Å². The third-order valence-corrected chi connectivity index (χ3v) is 4.24. The first-order valence-electron chi connectivity index (χ1n) is 5.56. The smallest absolute Gasteiger partial charge is 0.152 e. The van der Waals surface area contributed by atoms with Gasteiger partial charge in [-0.1, -0.05) is 60.7 Å². The first kappa shape index (κ1) is 12.5. The van der Waals surface area contributed by atoms with Gasteiger partial charge < -0.3 is 5.73 Å². The predicted molar refractivity (Wildman–Crippen MR) is 77.7 cm³/mol. The number of nitrogen functional groups attached to an aromatic ring is 1. The van der Waals surface area contributed by atoms with Crippen molar-refractivity contribution >= 4 is 28.1 Å². The average Bonchev–Trinajstić information content (AvgIpc) is 2.58. The summed E-state index contributed by atoms with van der Waals surface area (Å²) in [6.45, 7) is 6.40. The minimum absolute atomic E-state index is 0.533. The zero-order valence-electron chi connectivity index (χ0n) is 10.2. The lowest BCUT2D eigenvalue weighted by Gasteiger charge is -2.00. The van der Waals surface area contributed by atoms with E-state index in [1.165, 1.54) is 5.56 Å². The van der Waals surface area contributed by atoms with Crippen LogP contribution in [0.15, 0.2) is 28.6 Å². The van der Waals surface area contributed by atoms with E-state index in [4.69, 9.17) is 5.73 Å². The Morgan fingerprint density at radius 3 is 2.76 bits per heavy atom. The average molecular weight is 264 g/mol. The summed E-state index contributed by atoms with van der Waals surface area (Å²) in [5.41, 5.74) is 9.30. The number of anilines is 1. The fraction of sp³-hybridized carbons (Fsp3) is 0.308. The molecule has 17 heavy (non-hydrogen) atoms. The summed E-state index contributed by atoms with van der Waals surface area (Å²) in [6, 6.07) is 8.30. The SMILES string of the molecule is Cc1cccc(-c2nc(SC(C)C)sc2N)c1. The standard InChI is InChI=1S/C13H16N2S2/c1-8(2)16-13-15-11(12(14)17-13)10-6-4-5-9(3)7-10/h4-8H,14H2,1-3H3. The van der Waals surface area contributed by atoms with E-state index >= 15 is 0 Å². The molecule has 2 nitrogen and oxygen atoms in total. The number of aryl methyl sites for hydroxylation is 1. The van der Waals surface area contributed by atoms with E-state index in [9.17, 15) is 0 Å². The molecule has 2 aromatic rings. The number of benzene rings is 1. The maximum atomic E-state index is 6.04. The molecule has 0 fully saturated rings. The van der Waals surface area contributed by atoms with Crippen LogP contribution in [-0.4, -0.2) is 10.2 Å². The van der Waals surface area contributed by atoms with Gasteiger partial charge in [0, 0.05) is 10.8 Å². The Balaban J connectivity index is 2.36. The van der Waals surface area contributed by atoms with E-state index in [0.717, 1.165) is 20.6 Å². The quantitative estimate of drug-likeness (QED) is 0.844. The second kappa shape index (κ2) is 5.10. The highest BCUT2D eigenvalue weighted by molar-refractivity contribution is 8.01. The van der Waals surface area contributed by atoms with Gasteiger partial charge in [0.05, 0.1) is 0 Å². The van der Waals surface area contributed by atoms with Crippen molar-refractivity contribution in [1.82, 2.24) is 4.98 Å². The van der Waals surface area contributed by atoms with Gasteiger partial charge in [-0.25, -0.2) is 4.98 Å². The van der Waals surface area contributed by atoms with E-state index in [1.54, 1.807) is 23.1 Å². The predicted octanol–water partition coefficient (Wildman–Crippen LogP) is 4.20. The summed E-state index contributed by atoms with van der Waals surface area (Å²) in [5.74, 6) is 0. The lowest BCUT2D eigenvalue weighted by molar-refractivity contribution is 1.10. The third-order valence-electron chi connectivity index (χ3n) is 2.26. The summed E-state index contributed by atoms with van der Waals surface area (Å²) < 4.78 is 1.05. The van der Waals surface area contributed by atoms with Crippen LogP contribution in [0.4, 0.5) is 5.00 Å². The Hall–Kier alpha value is -1.000. The van der Waals surface area contributed by atoms with Gasteiger partial charge in [-0.15, -0.1) is 0 Å². The second-order valence-corrected chi connectivity index (χ2v) is 7.08. The molecule has 2 rings (SSSR count). The molecular formula is C13H16N2S2. The van der Waals surface area contributed by atoms with Crippen molar-refractivity contribution in [2.75, 3.05) is 5.73 Å². The molecule has 0 aliphatic carbocycles. The monoisotopic (exact) mass is 264 g/mol. The Labute approximate surface area is 110 Å². The van der Waals surface area contributed by atoms with E-state index in [1.807, 2.05) is 6.07 Å². The fourth-order valence-electron chi connectivity index (χ4n) is 1.56. The number of aromatic nitrogens is 1. The number of hydrogen-bond donors (Lipinski definition) is 1. The largest absolute Gasteiger partial charge is 0.389 e. The first-order valence-corrected chi connectivity index (χ1v) is 7.26. The molecule has 0 amide bonds. The zero-order valence-corrected chi connectivity index (χ0v) is 11.9. The molecule has 0 radical (unpaired) electrons. The minimum atomic E-state index is 0.533. The summed E-state index contributed by atoms with van der Waals surface area (Å²) in [4.78, 5) is 4.62. The van der Waals surface area contributed by atoms with Crippen LogP contribution in [-0.2, 0) is 0 Å². The van der Waals surface area contributed by atoms with Gasteiger partial charge in [-0.3, -0.25) is 0 Å². The lowest BCUT2D eigenvalue weighted by atomic mass is 10.1. The van der Waals surface area contributed by atoms with E-state index in [2.05, 4.69) is 44.0 Å². The molecule has 4 heteroatoms. The van der Waals surface area contributed by atoms with Gasteiger partial charge in [-0.05, 0) is 13.0 Å². The summed E-state index contributed by atoms with van der Waals surface area (Å²) in [7, 11) is 0. The van der Waals surface area contributed by atoms with Gasteiger partial charge in [0.2, 0.25) is 0 Å². The highest BCUT2D eigenvalue weighted by Crippen LogP contribution is 2.36. The zero-order chi connectivity index (χ0) is 12.4. The van der Waals surface area contributed by atoms with Crippen molar-refractivity contribution in [3.63, 3.8) is 0 Å². The van der Waals surface area contributed by atoms with Crippen LogP contribution in [0.3, 0.4) is 0 Å². The molecule has 0 saturated heterocycles. The molecule has 0 spiro atoms. The summed E-state index contributed by atoms with van der Waals surface area (Å²) in [6.07, 6.45) is 0. The van der Waals surface area contributed by atoms with Crippen molar-refractivity contribution in [2.24, 2.45) is 0 Å². The van der Waals surface area contributed by atoms with Crippen LogP contribution < -0.4 is 5.73 Å². The Kier molecular flexibility index (Phi) is 3.74. The van der Waals surface area contributed by atoms with Gasteiger partial charge in [0.15, 0.2) is 4.34 Å². The molecule has 2 N–H and O–H groups in total. The normalized spacial score (nSPS) is 11.1. The Bertz CT molecular complexity index is 518. The summed E-state index contributed by atoms with van der Waals surface area (Å²) >= 11 is 3.33. The molecular weight excluding hydrogens is 248 g/mol. The van der Waals surface area contributed by atoms with E-state index in [0.29, 0.717) is 5.25 Å². The number of thiazole rings is 1. The van der Waals surface area contributed by atoms with Gasteiger partial charge >= 0.3 is 0 Å². The van der Waals surface area contributed by atoms with Crippen LogP contribution in [0.5, 0.6) is 0 Å². The Morgan fingerprint density at radius 2 is 2.12 bits per heavy atom. The lowest BCUT2D eigenvalue weighted by Crippen LogP contribution is -1.87. The number of hydrogen-bond acceptors (Lipinski definition) is 4. The van der Waals surface area contributed by atoms with Gasteiger partial charge in [0.1, 0.15) is 10.7 Å². The summed E-state index contributed by atoms with van der Waals surface area (Å²) in [5, 5.41) is 1.34. The van der Waals surface area contributed by atoms with Crippen LogP contribution in [0.25, 0.3) is 11.3 Å². The van der Waals surface area contributed by atoms with Crippen molar-refractivity contribution in [2.45, 2.75) is 30.4 Å². The fourth-order valence-corrected chi connectivity index (χ4v) is 3.73. The molecule has 1 aromatic carbocycles. The molecule has 0 unspecified atom stereocenters. The Morgan fingerprint density at radius 1 is 1.35 bits per heavy atom. The molecule has 0 bridgehead atoms. The molecule has 0 saturated carbocycles. The maximum absolute atomic E-state index is 6.04. The van der Waals surface area contributed by atoms with Crippen molar-refractivity contribution in [3.05, 3.63) is 29.8 Å². The highest BCUT2D eigenvalue weighted by Gasteiger charge is 2.12. The van der Waals surface area contributed by atoms with Crippen LogP contribution in [0.2, 0.25) is 0 Å². The number of nitrogens with zero attached hydrogens (tertiary/aromatic N) is 1. The topological polar surface area (TPSA) is 38.9 Å². The molecule has 0 aliphatic heterocycles. The van der Waals surface area contributed by atoms with Crippen LogP contribution in [0.1, 0.15) is 19.4 Å². The number of thioether (sulfide) groups is 1. The molecule has 0 aliphatic rings. The van der Waals surface area contributed by atoms with Gasteiger partial charge in [-0.2, -0.15) is 0 Å².